The molecule has 180 valence electrons. The highest BCUT2D eigenvalue weighted by Gasteiger charge is 2.59. The van der Waals surface area contributed by atoms with E-state index in [1.807, 2.05) is 18.2 Å². The number of benzene rings is 1. The largest absolute Gasteiger partial charge is 0.497 e. The Hall–Kier alpha value is -2.88. The molecule has 0 amide bonds. The lowest BCUT2D eigenvalue weighted by molar-refractivity contribution is 0.101. The summed E-state index contributed by atoms with van der Waals surface area (Å²) in [5.41, 5.74) is 3.40. The Morgan fingerprint density at radius 2 is 1.88 bits per heavy atom. The fourth-order valence-corrected chi connectivity index (χ4v) is 6.81. The molecule has 1 aromatic carbocycles. The minimum Gasteiger partial charge on any atom is -0.497 e. The van der Waals surface area contributed by atoms with Gasteiger partial charge in [0, 0.05) is 50.1 Å². The predicted octanol–water partition coefficient (Wildman–Crippen LogP) is 3.93. The number of halogens is 2. The first-order valence-corrected chi connectivity index (χ1v) is 12.9. The predicted molar refractivity (Wildman–Crippen MR) is 127 cm³/mol. The number of nitrogens with zero attached hydrogens (tertiary/aromatic N) is 4. The van der Waals surface area contributed by atoms with Crippen LogP contribution in [-0.4, -0.2) is 52.6 Å². The SMILES string of the molecule is COc1ccc(N2CC3CCC2C=C3c2ccc3c(n2)N(C)S(=O)(=O)N3CC2CC2(F)F)cc1. The summed E-state index contributed by atoms with van der Waals surface area (Å²) in [5.74, 6) is -2.32. The molecule has 1 saturated carbocycles. The summed E-state index contributed by atoms with van der Waals surface area (Å²) >= 11 is 0. The molecule has 34 heavy (non-hydrogen) atoms. The monoisotopic (exact) mass is 488 g/mol. The number of ether oxygens (including phenoxy) is 1. The molecule has 1 aromatic heterocycles. The van der Waals surface area contributed by atoms with E-state index in [-0.39, 0.29) is 24.9 Å². The van der Waals surface area contributed by atoms with Gasteiger partial charge in [-0.3, -0.25) is 0 Å². The van der Waals surface area contributed by atoms with Crippen molar-refractivity contribution in [3.63, 3.8) is 0 Å². The Balaban J connectivity index is 1.29. The van der Waals surface area contributed by atoms with Gasteiger partial charge in [0.15, 0.2) is 5.82 Å². The zero-order valence-corrected chi connectivity index (χ0v) is 19.8. The van der Waals surface area contributed by atoms with E-state index >= 15 is 0 Å². The van der Waals surface area contributed by atoms with Crippen molar-refractivity contribution in [3.8, 4) is 5.75 Å². The van der Waals surface area contributed by atoms with Crippen LogP contribution in [0.5, 0.6) is 5.75 Å². The molecule has 2 aromatic rings. The standard InChI is InChI=1S/C24H26F2N4O3S/c1-28-23-22(30(34(28,31)32)14-16-12-24(16,25)26)10-9-21(27-23)20-11-18-4-3-15(20)13-29(18)17-5-7-19(33-2)8-6-17/h5-11,15-16,18H,3-4,12-14H2,1-2H3. The van der Waals surface area contributed by atoms with Gasteiger partial charge in [0.1, 0.15) is 5.75 Å². The summed E-state index contributed by atoms with van der Waals surface area (Å²) in [6.07, 6.45) is 4.05. The van der Waals surface area contributed by atoms with E-state index in [0.717, 1.165) is 50.7 Å². The van der Waals surface area contributed by atoms with E-state index in [1.165, 1.54) is 7.05 Å². The number of aromatic nitrogens is 1. The number of pyridine rings is 1. The quantitative estimate of drug-likeness (QED) is 0.638. The van der Waals surface area contributed by atoms with Crippen molar-refractivity contribution in [1.82, 2.24) is 4.98 Å². The average Bonchev–Trinajstić information content (AvgIpc) is 3.41. The number of anilines is 3. The fraction of sp³-hybridized carbons (Fsp3) is 0.458. The number of hydrogen-bond acceptors (Lipinski definition) is 5. The second kappa shape index (κ2) is 7.31. The molecule has 10 heteroatoms. The molecule has 2 fully saturated rings. The summed E-state index contributed by atoms with van der Waals surface area (Å²) in [7, 11) is -0.820. The molecule has 7 rings (SSSR count). The van der Waals surface area contributed by atoms with E-state index in [9.17, 15) is 17.2 Å². The van der Waals surface area contributed by atoms with Crippen LogP contribution in [0.4, 0.5) is 26.0 Å². The summed E-state index contributed by atoms with van der Waals surface area (Å²) in [6.45, 7) is 0.635. The van der Waals surface area contributed by atoms with Crippen LogP contribution in [0, 0.1) is 11.8 Å². The minimum absolute atomic E-state index is 0.224. The third-order valence-corrected chi connectivity index (χ3v) is 9.30. The molecular weight excluding hydrogens is 462 g/mol. The Morgan fingerprint density at radius 1 is 1.15 bits per heavy atom. The smallest absolute Gasteiger partial charge is 0.327 e. The van der Waals surface area contributed by atoms with Crippen molar-refractivity contribution < 1.29 is 21.9 Å². The van der Waals surface area contributed by atoms with Crippen molar-refractivity contribution in [3.05, 3.63) is 48.2 Å². The first kappa shape index (κ1) is 21.6. The lowest BCUT2D eigenvalue weighted by Crippen LogP contribution is -2.46. The molecule has 2 aliphatic carbocycles. The van der Waals surface area contributed by atoms with Gasteiger partial charge in [0.2, 0.25) is 0 Å². The van der Waals surface area contributed by atoms with E-state index in [1.54, 1.807) is 13.2 Å². The van der Waals surface area contributed by atoms with E-state index in [4.69, 9.17) is 9.72 Å². The molecule has 2 bridgehead atoms. The normalized spacial score (nSPS) is 28.1. The Labute approximate surface area is 197 Å². The number of methoxy groups -OCH3 is 1. The van der Waals surface area contributed by atoms with Gasteiger partial charge < -0.3 is 9.64 Å². The molecule has 3 aliphatic heterocycles. The van der Waals surface area contributed by atoms with E-state index in [0.29, 0.717) is 11.5 Å². The number of piperidine rings is 1. The highest BCUT2D eigenvalue weighted by molar-refractivity contribution is 7.94. The third kappa shape index (κ3) is 3.25. The van der Waals surface area contributed by atoms with Gasteiger partial charge in [-0.15, -0.1) is 0 Å². The first-order chi connectivity index (χ1) is 16.2. The van der Waals surface area contributed by atoms with Gasteiger partial charge in [0.05, 0.1) is 18.5 Å². The van der Waals surface area contributed by atoms with Gasteiger partial charge in [0.25, 0.3) is 5.92 Å². The Morgan fingerprint density at radius 3 is 2.50 bits per heavy atom. The summed E-state index contributed by atoms with van der Waals surface area (Å²) in [5, 5.41) is 0. The molecule has 1 saturated heterocycles. The molecule has 0 N–H and O–H groups in total. The van der Waals surface area contributed by atoms with Crippen LogP contribution < -0.4 is 18.2 Å². The maximum absolute atomic E-state index is 13.5. The summed E-state index contributed by atoms with van der Waals surface area (Å²) in [4.78, 5) is 7.11. The van der Waals surface area contributed by atoms with Crippen molar-refractivity contribution in [2.24, 2.45) is 11.8 Å². The molecule has 4 heterocycles. The molecular formula is C24H26F2N4O3S. The van der Waals surface area contributed by atoms with Crippen LogP contribution in [0.2, 0.25) is 0 Å². The topological polar surface area (TPSA) is 66.0 Å². The molecule has 3 atom stereocenters. The zero-order valence-electron chi connectivity index (χ0n) is 19.0. The fourth-order valence-electron chi connectivity index (χ4n) is 5.40. The highest BCUT2D eigenvalue weighted by Crippen LogP contribution is 2.51. The molecule has 0 radical (unpaired) electrons. The van der Waals surface area contributed by atoms with Crippen LogP contribution in [0.3, 0.4) is 0 Å². The second-order valence-electron chi connectivity index (χ2n) is 9.52. The van der Waals surface area contributed by atoms with Gasteiger partial charge in [-0.05, 0) is 54.8 Å². The number of alkyl halides is 2. The Kier molecular flexibility index (Phi) is 4.65. The van der Waals surface area contributed by atoms with Crippen molar-refractivity contribution in [2.75, 3.05) is 40.8 Å². The molecule has 7 nitrogen and oxygen atoms in total. The average molecular weight is 489 g/mol. The van der Waals surface area contributed by atoms with E-state index < -0.39 is 22.0 Å². The van der Waals surface area contributed by atoms with Crippen molar-refractivity contribution in [1.29, 1.82) is 0 Å². The Bertz CT molecular complexity index is 1280. The van der Waals surface area contributed by atoms with Crippen LogP contribution in [-0.2, 0) is 10.2 Å². The second-order valence-corrected chi connectivity index (χ2v) is 11.4. The lowest BCUT2D eigenvalue weighted by Gasteiger charge is -2.45. The maximum Gasteiger partial charge on any atom is 0.327 e. The molecule has 5 aliphatic rings. The summed E-state index contributed by atoms with van der Waals surface area (Å²) < 4.78 is 60.3. The number of fused-ring (bicyclic) bond motifs is 3. The van der Waals surface area contributed by atoms with Crippen molar-refractivity contribution in [2.45, 2.75) is 31.2 Å². The summed E-state index contributed by atoms with van der Waals surface area (Å²) in [6, 6.07) is 11.8. The van der Waals surface area contributed by atoms with Gasteiger partial charge in [-0.25, -0.2) is 22.4 Å². The minimum atomic E-state index is -3.91. The van der Waals surface area contributed by atoms with Crippen molar-refractivity contribution >= 4 is 33.0 Å². The van der Waals surface area contributed by atoms with Crippen LogP contribution in [0.1, 0.15) is 25.0 Å². The number of rotatable bonds is 5. The van der Waals surface area contributed by atoms with Crippen LogP contribution in [0.15, 0.2) is 42.5 Å². The first-order valence-electron chi connectivity index (χ1n) is 11.5. The zero-order chi connectivity index (χ0) is 23.8. The van der Waals surface area contributed by atoms with E-state index in [2.05, 4.69) is 23.1 Å². The number of hydrogen-bond donors (Lipinski definition) is 0. The van der Waals surface area contributed by atoms with Gasteiger partial charge in [-0.2, -0.15) is 8.42 Å². The van der Waals surface area contributed by atoms with Crippen LogP contribution in [0.25, 0.3) is 5.57 Å². The highest BCUT2D eigenvalue weighted by atomic mass is 32.2. The van der Waals surface area contributed by atoms with Gasteiger partial charge >= 0.3 is 10.2 Å². The van der Waals surface area contributed by atoms with Gasteiger partial charge in [-0.1, -0.05) is 6.08 Å². The molecule has 0 spiro atoms. The maximum atomic E-state index is 13.5. The van der Waals surface area contributed by atoms with Crippen LogP contribution >= 0.6 is 0 Å². The molecule has 3 unspecified atom stereocenters. The lowest BCUT2D eigenvalue weighted by atomic mass is 9.78. The third-order valence-electron chi connectivity index (χ3n) is 7.53.